The van der Waals surface area contributed by atoms with E-state index in [1.54, 1.807) is 4.90 Å². The van der Waals surface area contributed by atoms with Crippen LogP contribution in [-0.4, -0.2) is 35.7 Å². The molecule has 3 rings (SSSR count). The molecule has 1 unspecified atom stereocenters. The number of nitrogens with one attached hydrogen (secondary N) is 1. The van der Waals surface area contributed by atoms with E-state index >= 15 is 0 Å². The van der Waals surface area contributed by atoms with Crippen molar-refractivity contribution >= 4 is 6.03 Å². The van der Waals surface area contributed by atoms with Gasteiger partial charge in [-0.3, -0.25) is 0 Å². The molecule has 4 nitrogen and oxygen atoms in total. The Morgan fingerprint density at radius 3 is 2.67 bits per heavy atom. The van der Waals surface area contributed by atoms with Crippen LogP contribution in [0.25, 0.3) is 0 Å². The summed E-state index contributed by atoms with van der Waals surface area (Å²) >= 11 is 0. The fourth-order valence-corrected chi connectivity index (χ4v) is 3.50. The van der Waals surface area contributed by atoms with Crippen molar-refractivity contribution in [1.82, 2.24) is 10.2 Å². The second-order valence-corrected chi connectivity index (χ2v) is 7.27. The van der Waals surface area contributed by atoms with Crippen LogP contribution in [0.5, 0.6) is 0 Å². The van der Waals surface area contributed by atoms with Crippen molar-refractivity contribution in [2.45, 2.75) is 45.1 Å². The van der Waals surface area contributed by atoms with Crippen molar-refractivity contribution in [3.8, 4) is 0 Å². The van der Waals surface area contributed by atoms with Gasteiger partial charge < -0.3 is 15.3 Å². The Hall–Kier alpha value is -1.62. The number of rotatable bonds is 5. The number of hydrogen-bond donors (Lipinski definition) is 2. The zero-order valence-corrected chi connectivity index (χ0v) is 14.3. The Morgan fingerprint density at radius 1 is 1.33 bits per heavy atom. The van der Waals surface area contributed by atoms with E-state index in [0.29, 0.717) is 30.5 Å². The standard InChI is InChI=1S/C19H27FN2O2/c1-13(12-23)14-6-8-22(9-7-14)19(24)21-11-17-10-16(15-2-3-15)4-5-18(17)20/h4-5,10,13-15,23H,2-3,6-9,11-12H2,1H3,(H,21,24). The highest BCUT2D eigenvalue weighted by Gasteiger charge is 2.26. The molecule has 0 spiro atoms. The van der Waals surface area contributed by atoms with Crippen LogP contribution in [0.15, 0.2) is 18.2 Å². The van der Waals surface area contributed by atoms with E-state index in [-0.39, 0.29) is 30.9 Å². The number of urea groups is 1. The van der Waals surface area contributed by atoms with Crippen LogP contribution < -0.4 is 5.32 Å². The first-order chi connectivity index (χ1) is 11.6. The summed E-state index contributed by atoms with van der Waals surface area (Å²) in [5, 5.41) is 12.1. The Labute approximate surface area is 143 Å². The minimum Gasteiger partial charge on any atom is -0.396 e. The largest absolute Gasteiger partial charge is 0.396 e. The van der Waals surface area contributed by atoms with Gasteiger partial charge in [-0.05, 0) is 55.1 Å². The molecule has 1 aliphatic heterocycles. The Kier molecular flexibility index (Phi) is 5.39. The molecular weight excluding hydrogens is 307 g/mol. The highest BCUT2D eigenvalue weighted by atomic mass is 19.1. The molecule has 2 fully saturated rings. The number of amides is 2. The van der Waals surface area contributed by atoms with Gasteiger partial charge in [0, 0.05) is 31.8 Å². The maximum absolute atomic E-state index is 13.9. The van der Waals surface area contributed by atoms with Crippen LogP contribution in [-0.2, 0) is 6.54 Å². The second kappa shape index (κ2) is 7.51. The molecule has 2 amide bonds. The van der Waals surface area contributed by atoms with Crippen molar-refractivity contribution in [2.24, 2.45) is 11.8 Å². The van der Waals surface area contributed by atoms with Crippen LogP contribution in [0.3, 0.4) is 0 Å². The van der Waals surface area contributed by atoms with E-state index in [1.807, 2.05) is 12.1 Å². The number of aliphatic hydroxyl groups is 1. The van der Waals surface area contributed by atoms with Gasteiger partial charge >= 0.3 is 6.03 Å². The summed E-state index contributed by atoms with van der Waals surface area (Å²) in [5.41, 5.74) is 1.75. The smallest absolute Gasteiger partial charge is 0.317 e. The van der Waals surface area contributed by atoms with Crippen molar-refractivity contribution in [1.29, 1.82) is 0 Å². The van der Waals surface area contributed by atoms with Crippen molar-refractivity contribution in [3.05, 3.63) is 35.1 Å². The van der Waals surface area contributed by atoms with Gasteiger partial charge in [0.2, 0.25) is 0 Å². The molecular formula is C19H27FN2O2. The summed E-state index contributed by atoms with van der Waals surface area (Å²) in [6, 6.07) is 5.13. The summed E-state index contributed by atoms with van der Waals surface area (Å²) in [5.74, 6) is 1.09. The molecule has 1 atom stereocenters. The normalized spacial score (nSPS) is 20.0. The second-order valence-electron chi connectivity index (χ2n) is 7.27. The molecule has 1 heterocycles. The molecule has 2 N–H and O–H groups in total. The van der Waals surface area contributed by atoms with E-state index in [9.17, 15) is 14.3 Å². The molecule has 5 heteroatoms. The molecule has 1 aromatic carbocycles. The number of halogens is 1. The number of piperidine rings is 1. The van der Waals surface area contributed by atoms with Gasteiger partial charge in [0.1, 0.15) is 5.82 Å². The van der Waals surface area contributed by atoms with Crippen LogP contribution >= 0.6 is 0 Å². The Bertz CT molecular complexity index is 581. The lowest BCUT2D eigenvalue weighted by Gasteiger charge is -2.34. The lowest BCUT2D eigenvalue weighted by molar-refractivity contribution is 0.123. The molecule has 1 aromatic rings. The highest BCUT2D eigenvalue weighted by molar-refractivity contribution is 5.74. The van der Waals surface area contributed by atoms with E-state index in [0.717, 1.165) is 12.8 Å². The molecule has 2 aliphatic rings. The number of carbonyl (C=O) groups is 1. The summed E-state index contributed by atoms with van der Waals surface area (Å²) in [4.78, 5) is 14.1. The van der Waals surface area contributed by atoms with Crippen LogP contribution in [0.4, 0.5) is 9.18 Å². The molecule has 0 bridgehead atoms. The predicted molar refractivity (Wildman–Crippen MR) is 91.2 cm³/mol. The van der Waals surface area contributed by atoms with Gasteiger partial charge in [-0.25, -0.2) is 9.18 Å². The first kappa shape index (κ1) is 17.2. The number of likely N-dealkylation sites (tertiary alicyclic amines) is 1. The summed E-state index contributed by atoms with van der Waals surface area (Å²) in [6.07, 6.45) is 4.19. The number of carbonyl (C=O) groups excluding carboxylic acids is 1. The molecule has 24 heavy (non-hydrogen) atoms. The van der Waals surface area contributed by atoms with Gasteiger partial charge in [-0.1, -0.05) is 19.1 Å². The fraction of sp³-hybridized carbons (Fsp3) is 0.632. The topological polar surface area (TPSA) is 52.6 Å². The van der Waals surface area contributed by atoms with E-state index in [4.69, 9.17) is 0 Å². The number of hydrogen-bond acceptors (Lipinski definition) is 2. The molecule has 1 aliphatic carbocycles. The van der Waals surface area contributed by atoms with E-state index in [1.165, 1.54) is 24.5 Å². The third-order valence-corrected chi connectivity index (χ3v) is 5.47. The lowest BCUT2D eigenvalue weighted by atomic mass is 9.86. The number of nitrogens with zero attached hydrogens (tertiary/aromatic N) is 1. The van der Waals surface area contributed by atoms with Gasteiger partial charge in [0.05, 0.1) is 0 Å². The average Bonchev–Trinajstić information content (AvgIpc) is 3.45. The van der Waals surface area contributed by atoms with E-state index < -0.39 is 0 Å². The average molecular weight is 334 g/mol. The maximum atomic E-state index is 13.9. The minimum atomic E-state index is -0.254. The van der Waals surface area contributed by atoms with E-state index in [2.05, 4.69) is 12.2 Å². The third-order valence-electron chi connectivity index (χ3n) is 5.47. The molecule has 0 aromatic heterocycles. The minimum absolute atomic E-state index is 0.124. The lowest BCUT2D eigenvalue weighted by Crippen LogP contribution is -2.45. The van der Waals surface area contributed by atoms with Crippen molar-refractivity contribution in [2.75, 3.05) is 19.7 Å². The zero-order chi connectivity index (χ0) is 17.1. The maximum Gasteiger partial charge on any atom is 0.317 e. The van der Waals surface area contributed by atoms with Crippen LogP contribution in [0.1, 0.15) is 49.7 Å². The monoisotopic (exact) mass is 334 g/mol. The summed E-state index contributed by atoms with van der Waals surface area (Å²) < 4.78 is 13.9. The molecule has 1 saturated heterocycles. The van der Waals surface area contributed by atoms with Crippen LogP contribution in [0.2, 0.25) is 0 Å². The quantitative estimate of drug-likeness (QED) is 0.868. The third kappa shape index (κ3) is 4.07. The number of benzene rings is 1. The molecule has 0 radical (unpaired) electrons. The first-order valence-corrected chi connectivity index (χ1v) is 9.00. The van der Waals surface area contributed by atoms with Crippen molar-refractivity contribution in [3.63, 3.8) is 0 Å². The first-order valence-electron chi connectivity index (χ1n) is 9.00. The summed E-state index contributed by atoms with van der Waals surface area (Å²) in [7, 11) is 0. The molecule has 132 valence electrons. The van der Waals surface area contributed by atoms with Gasteiger partial charge in [-0.2, -0.15) is 0 Å². The highest BCUT2D eigenvalue weighted by Crippen LogP contribution is 2.40. The predicted octanol–water partition coefficient (Wildman–Crippen LogP) is 3.25. The Balaban J connectivity index is 1.50. The fourth-order valence-electron chi connectivity index (χ4n) is 3.50. The van der Waals surface area contributed by atoms with Gasteiger partial charge in [-0.15, -0.1) is 0 Å². The zero-order valence-electron chi connectivity index (χ0n) is 14.3. The SMILES string of the molecule is CC(CO)C1CCN(C(=O)NCc2cc(C3CC3)ccc2F)CC1. The van der Waals surface area contributed by atoms with Gasteiger partial charge in [0.15, 0.2) is 0 Å². The number of aliphatic hydroxyl groups excluding tert-OH is 1. The summed E-state index contributed by atoms with van der Waals surface area (Å²) in [6.45, 7) is 3.89. The molecule has 1 saturated carbocycles. The van der Waals surface area contributed by atoms with Crippen LogP contribution in [0, 0.1) is 17.7 Å². The van der Waals surface area contributed by atoms with Crippen molar-refractivity contribution < 1.29 is 14.3 Å². The Morgan fingerprint density at radius 2 is 2.04 bits per heavy atom. The van der Waals surface area contributed by atoms with Gasteiger partial charge in [0.25, 0.3) is 0 Å².